The fourth-order valence-corrected chi connectivity index (χ4v) is 1.10. The van der Waals surface area contributed by atoms with E-state index in [9.17, 15) is 13.2 Å². The summed E-state index contributed by atoms with van der Waals surface area (Å²) < 4.78 is 33.3. The van der Waals surface area contributed by atoms with Gasteiger partial charge in [-0.2, -0.15) is 5.26 Å². The molecule has 0 fully saturated rings. The van der Waals surface area contributed by atoms with Crippen molar-refractivity contribution in [2.75, 3.05) is 0 Å². The van der Waals surface area contributed by atoms with Crippen molar-refractivity contribution >= 4 is 11.1 Å². The fraction of sp³-hybridized carbons (Fsp3) is 0. The number of nitriles is 1. The zero-order chi connectivity index (χ0) is 9.14. The average Bonchev–Trinajstić information content (AvgIpc) is 2.03. The van der Waals surface area contributed by atoms with Crippen LogP contribution in [0.1, 0.15) is 5.56 Å². The van der Waals surface area contributed by atoms with E-state index in [-0.39, 0.29) is 5.56 Å². The van der Waals surface area contributed by atoms with Gasteiger partial charge in [-0.3, -0.25) is 4.21 Å². The second kappa shape index (κ2) is 3.43. The molecule has 0 bridgehead atoms. The van der Waals surface area contributed by atoms with E-state index in [1.807, 2.05) is 0 Å². The van der Waals surface area contributed by atoms with Crippen molar-refractivity contribution in [3.05, 3.63) is 29.6 Å². The largest absolute Gasteiger partial charge is 0.768 e. The molecule has 12 heavy (non-hydrogen) atoms. The Labute approximate surface area is 70.7 Å². The SMILES string of the molecule is N#Cc1ccc(S(=O)[O-])c(F)c1. The Bertz CT molecular complexity index is 372. The van der Waals surface area contributed by atoms with E-state index in [0.717, 1.165) is 12.1 Å². The smallest absolute Gasteiger partial charge is 0.139 e. The number of benzene rings is 1. The van der Waals surface area contributed by atoms with E-state index in [0.29, 0.717) is 0 Å². The third-order valence-electron chi connectivity index (χ3n) is 1.24. The van der Waals surface area contributed by atoms with Gasteiger partial charge in [0.25, 0.3) is 0 Å². The highest BCUT2D eigenvalue weighted by Crippen LogP contribution is 2.12. The zero-order valence-electron chi connectivity index (χ0n) is 5.78. The van der Waals surface area contributed by atoms with Gasteiger partial charge in [0, 0.05) is 0 Å². The molecule has 0 aromatic heterocycles. The molecule has 0 amide bonds. The van der Waals surface area contributed by atoms with Crippen LogP contribution in [0.15, 0.2) is 23.1 Å². The Hall–Kier alpha value is -1.25. The third kappa shape index (κ3) is 1.67. The van der Waals surface area contributed by atoms with Gasteiger partial charge in [0.05, 0.1) is 16.5 Å². The highest BCUT2D eigenvalue weighted by Gasteiger charge is 2.02. The Morgan fingerprint density at radius 2 is 2.25 bits per heavy atom. The minimum atomic E-state index is -2.59. The first kappa shape index (κ1) is 8.84. The predicted molar refractivity (Wildman–Crippen MR) is 38.3 cm³/mol. The molecule has 5 heteroatoms. The molecule has 0 spiro atoms. The minimum absolute atomic E-state index is 0.0988. The van der Waals surface area contributed by atoms with Crippen LogP contribution < -0.4 is 0 Å². The molecule has 0 saturated carbocycles. The van der Waals surface area contributed by atoms with E-state index in [1.54, 1.807) is 6.07 Å². The van der Waals surface area contributed by atoms with E-state index in [1.165, 1.54) is 6.07 Å². The summed E-state index contributed by atoms with van der Waals surface area (Å²) >= 11 is -2.59. The Morgan fingerprint density at radius 3 is 2.67 bits per heavy atom. The van der Waals surface area contributed by atoms with Crippen molar-refractivity contribution in [3.63, 3.8) is 0 Å². The molecule has 0 saturated heterocycles. The second-order valence-corrected chi connectivity index (χ2v) is 2.90. The Balaban J connectivity index is 3.23. The molecule has 0 aliphatic carbocycles. The molecule has 62 valence electrons. The second-order valence-electron chi connectivity index (χ2n) is 1.99. The summed E-state index contributed by atoms with van der Waals surface area (Å²) in [6, 6.07) is 4.87. The molecule has 1 atom stereocenters. The Morgan fingerprint density at radius 1 is 1.58 bits per heavy atom. The van der Waals surface area contributed by atoms with Crippen LogP contribution in [0.3, 0.4) is 0 Å². The van der Waals surface area contributed by atoms with Crippen LogP contribution in [0.25, 0.3) is 0 Å². The first-order valence-corrected chi connectivity index (χ1v) is 4.01. The molecule has 3 nitrogen and oxygen atoms in total. The topological polar surface area (TPSA) is 63.9 Å². The monoisotopic (exact) mass is 184 g/mol. The lowest BCUT2D eigenvalue weighted by Crippen LogP contribution is -1.93. The van der Waals surface area contributed by atoms with Crippen LogP contribution in [0.5, 0.6) is 0 Å². The van der Waals surface area contributed by atoms with Gasteiger partial charge in [0.1, 0.15) is 5.82 Å². The van der Waals surface area contributed by atoms with Crippen molar-refractivity contribution in [2.45, 2.75) is 4.90 Å². The number of hydrogen-bond acceptors (Lipinski definition) is 3. The van der Waals surface area contributed by atoms with Gasteiger partial charge in [-0.1, -0.05) is 0 Å². The fourth-order valence-electron chi connectivity index (χ4n) is 0.706. The molecule has 1 aromatic carbocycles. The van der Waals surface area contributed by atoms with Gasteiger partial charge in [0.15, 0.2) is 0 Å². The van der Waals surface area contributed by atoms with Crippen molar-refractivity contribution in [3.8, 4) is 6.07 Å². The van der Waals surface area contributed by atoms with Gasteiger partial charge in [-0.05, 0) is 29.3 Å². The summed E-state index contributed by atoms with van der Waals surface area (Å²) in [5.41, 5.74) is 0.0988. The summed E-state index contributed by atoms with van der Waals surface area (Å²) in [7, 11) is 0. The lowest BCUT2D eigenvalue weighted by Gasteiger charge is -2.05. The summed E-state index contributed by atoms with van der Waals surface area (Å²) in [5.74, 6) is -0.901. The van der Waals surface area contributed by atoms with E-state index < -0.39 is 21.8 Å². The van der Waals surface area contributed by atoms with Crippen LogP contribution in [0.2, 0.25) is 0 Å². The maximum Gasteiger partial charge on any atom is 0.139 e. The molecular formula is C7H3FNO2S-. The molecule has 1 unspecified atom stereocenters. The maximum atomic E-state index is 12.7. The highest BCUT2D eigenvalue weighted by atomic mass is 32.2. The number of hydrogen-bond donors (Lipinski definition) is 0. The van der Waals surface area contributed by atoms with Gasteiger partial charge in [-0.25, -0.2) is 4.39 Å². The molecule has 0 aliphatic rings. The summed E-state index contributed by atoms with van der Waals surface area (Å²) in [6.45, 7) is 0. The molecule has 1 rings (SSSR count). The van der Waals surface area contributed by atoms with E-state index in [2.05, 4.69) is 0 Å². The van der Waals surface area contributed by atoms with Crippen molar-refractivity contribution < 1.29 is 13.2 Å². The molecule has 0 radical (unpaired) electrons. The minimum Gasteiger partial charge on any atom is -0.768 e. The van der Waals surface area contributed by atoms with Crippen molar-refractivity contribution in [1.82, 2.24) is 0 Å². The maximum absolute atomic E-state index is 12.7. The predicted octanol–water partition coefficient (Wildman–Crippen LogP) is 0.935. The lowest BCUT2D eigenvalue weighted by molar-refractivity contribution is 0.523. The normalized spacial score (nSPS) is 12.1. The zero-order valence-corrected chi connectivity index (χ0v) is 6.60. The number of rotatable bonds is 1. The molecule has 0 heterocycles. The van der Waals surface area contributed by atoms with Gasteiger partial charge in [-0.15, -0.1) is 0 Å². The first-order chi connectivity index (χ1) is 5.65. The number of nitrogens with zero attached hydrogens (tertiary/aromatic N) is 1. The Kier molecular flexibility index (Phi) is 2.53. The summed E-state index contributed by atoms with van der Waals surface area (Å²) in [5, 5.41) is 8.32. The quantitative estimate of drug-likeness (QED) is 0.610. The average molecular weight is 184 g/mol. The molecule has 0 N–H and O–H groups in total. The summed E-state index contributed by atoms with van der Waals surface area (Å²) in [6.07, 6.45) is 0. The summed E-state index contributed by atoms with van der Waals surface area (Å²) in [4.78, 5) is -0.422. The van der Waals surface area contributed by atoms with Crippen LogP contribution in [-0.2, 0) is 11.1 Å². The van der Waals surface area contributed by atoms with Gasteiger partial charge in [0.2, 0.25) is 0 Å². The molecule has 1 aromatic rings. The van der Waals surface area contributed by atoms with E-state index in [4.69, 9.17) is 5.26 Å². The van der Waals surface area contributed by atoms with Gasteiger partial charge < -0.3 is 4.55 Å². The third-order valence-corrected chi connectivity index (χ3v) is 1.93. The first-order valence-electron chi connectivity index (χ1n) is 2.94. The van der Waals surface area contributed by atoms with Crippen LogP contribution in [-0.4, -0.2) is 8.76 Å². The van der Waals surface area contributed by atoms with Crippen LogP contribution in [0.4, 0.5) is 4.39 Å². The molecular weight excluding hydrogens is 181 g/mol. The van der Waals surface area contributed by atoms with Crippen LogP contribution in [0, 0.1) is 17.1 Å². The molecule has 0 aliphatic heterocycles. The highest BCUT2D eigenvalue weighted by molar-refractivity contribution is 7.79. The lowest BCUT2D eigenvalue weighted by atomic mass is 10.2. The standard InChI is InChI=1S/C7H4FNO2S/c8-6-3-5(4-9)1-2-7(6)12(10)11/h1-3H,(H,10,11)/p-1. The van der Waals surface area contributed by atoms with Gasteiger partial charge >= 0.3 is 0 Å². The van der Waals surface area contributed by atoms with Crippen molar-refractivity contribution in [1.29, 1.82) is 5.26 Å². The number of halogens is 1. The van der Waals surface area contributed by atoms with Crippen molar-refractivity contribution in [2.24, 2.45) is 0 Å². The van der Waals surface area contributed by atoms with E-state index >= 15 is 0 Å². The van der Waals surface area contributed by atoms with Crippen LogP contribution >= 0.6 is 0 Å².